The van der Waals surface area contributed by atoms with Crippen LogP contribution in [0.25, 0.3) is 0 Å². The van der Waals surface area contributed by atoms with E-state index in [1.807, 2.05) is 0 Å². The lowest BCUT2D eigenvalue weighted by Gasteiger charge is -2.18. The van der Waals surface area contributed by atoms with Gasteiger partial charge in [-0.15, -0.1) is 13.2 Å². The summed E-state index contributed by atoms with van der Waals surface area (Å²) in [7, 11) is -5.20. The van der Waals surface area contributed by atoms with Crippen molar-refractivity contribution in [2.45, 2.75) is 25.4 Å². The Morgan fingerprint density at radius 3 is 2.21 bits per heavy atom. The first kappa shape index (κ1) is 13.4. The Bertz CT molecular complexity index is 263. The fourth-order valence-electron chi connectivity index (χ4n) is 0.757. The van der Waals surface area contributed by atoms with E-state index < -0.39 is 32.0 Å². The summed E-state index contributed by atoms with van der Waals surface area (Å²) < 4.78 is 48.4. The zero-order valence-corrected chi connectivity index (χ0v) is 7.88. The highest BCUT2D eigenvalue weighted by Gasteiger charge is 2.46. The van der Waals surface area contributed by atoms with E-state index in [2.05, 4.69) is 4.52 Å². The number of halogens is 3. The second-order valence-electron chi connectivity index (χ2n) is 2.36. The van der Waals surface area contributed by atoms with Gasteiger partial charge in [-0.2, -0.15) is 0 Å². The lowest BCUT2D eigenvalue weighted by Crippen LogP contribution is -2.24. The number of rotatable bonds is 4. The lowest BCUT2D eigenvalue weighted by molar-refractivity contribution is -0.278. The van der Waals surface area contributed by atoms with E-state index in [1.165, 1.54) is 6.92 Å². The number of carboxylic acids is 1. The van der Waals surface area contributed by atoms with Crippen molar-refractivity contribution in [2.75, 3.05) is 0 Å². The summed E-state index contributed by atoms with van der Waals surface area (Å²) in [4.78, 5) is 19.0. The topological polar surface area (TPSA) is 83.8 Å². The van der Waals surface area contributed by atoms with E-state index in [-0.39, 0.29) is 0 Å². The van der Waals surface area contributed by atoms with Gasteiger partial charge in [0.05, 0.1) is 0 Å². The smallest absolute Gasteiger partial charge is 0.481 e. The molecular formula is C5H8F3O5P. The number of carboxylic acid groups (broad SMARTS) is 1. The average Bonchev–Trinajstić information content (AvgIpc) is 1.79. The molecule has 0 radical (unpaired) electrons. The minimum Gasteiger partial charge on any atom is -0.481 e. The first-order valence-corrected chi connectivity index (χ1v) is 5.07. The highest BCUT2D eigenvalue weighted by atomic mass is 31.2. The molecule has 0 aromatic rings. The largest absolute Gasteiger partial charge is 0.529 e. The number of alkyl halides is 3. The van der Waals surface area contributed by atoms with Crippen molar-refractivity contribution in [3.05, 3.63) is 0 Å². The summed E-state index contributed by atoms with van der Waals surface area (Å²) in [5, 5.41) is 8.33. The standard InChI is InChI=1S/C5H8F3O5P/c1-2-3(4(9)10)14(11,12)13-5(6,7)8/h3H,2H2,1H3,(H,9,10)(H,11,12). The van der Waals surface area contributed by atoms with E-state index in [1.54, 1.807) is 0 Å². The van der Waals surface area contributed by atoms with Crippen LogP contribution in [0.2, 0.25) is 0 Å². The Morgan fingerprint density at radius 2 is 2.00 bits per heavy atom. The molecule has 0 spiro atoms. The van der Waals surface area contributed by atoms with Crippen molar-refractivity contribution < 1.29 is 37.1 Å². The van der Waals surface area contributed by atoms with Gasteiger partial charge in [0.2, 0.25) is 0 Å². The van der Waals surface area contributed by atoms with Crippen LogP contribution in [0.4, 0.5) is 13.2 Å². The van der Waals surface area contributed by atoms with Crippen molar-refractivity contribution in [3.63, 3.8) is 0 Å². The summed E-state index contributed by atoms with van der Waals surface area (Å²) in [5.41, 5.74) is -2.07. The predicted octanol–water partition coefficient (Wildman–Crippen LogP) is 1.57. The van der Waals surface area contributed by atoms with Gasteiger partial charge in [-0.25, -0.2) is 4.52 Å². The van der Waals surface area contributed by atoms with Crippen molar-refractivity contribution in [3.8, 4) is 0 Å². The Balaban J connectivity index is 4.76. The van der Waals surface area contributed by atoms with Crippen LogP contribution < -0.4 is 0 Å². The Hall–Kier alpha value is -0.590. The Morgan fingerprint density at radius 1 is 1.57 bits per heavy atom. The normalized spacial score (nSPS) is 18.6. The van der Waals surface area contributed by atoms with Gasteiger partial charge in [-0.3, -0.25) is 9.36 Å². The molecule has 0 aromatic heterocycles. The van der Waals surface area contributed by atoms with Crippen LogP contribution in [0.1, 0.15) is 13.3 Å². The Labute approximate surface area is 77.0 Å². The molecule has 0 fully saturated rings. The van der Waals surface area contributed by atoms with Crippen molar-refractivity contribution in [2.24, 2.45) is 0 Å². The molecule has 0 rings (SSSR count). The molecule has 14 heavy (non-hydrogen) atoms. The molecule has 0 saturated carbocycles. The molecular weight excluding hydrogens is 228 g/mol. The minimum atomic E-state index is -5.33. The molecule has 2 unspecified atom stereocenters. The first-order chi connectivity index (χ1) is 6.10. The van der Waals surface area contributed by atoms with Gasteiger partial charge in [0.15, 0.2) is 5.66 Å². The Kier molecular flexibility index (Phi) is 4.11. The van der Waals surface area contributed by atoms with Crippen LogP contribution in [-0.4, -0.2) is 28.0 Å². The van der Waals surface area contributed by atoms with Gasteiger partial charge in [0.25, 0.3) is 0 Å². The molecule has 0 amide bonds. The maximum absolute atomic E-state index is 11.6. The van der Waals surface area contributed by atoms with E-state index in [0.29, 0.717) is 0 Å². The molecule has 0 aromatic carbocycles. The van der Waals surface area contributed by atoms with E-state index in [4.69, 9.17) is 10.00 Å². The molecule has 0 aliphatic rings. The molecule has 2 atom stereocenters. The molecule has 84 valence electrons. The van der Waals surface area contributed by atoms with E-state index in [9.17, 15) is 22.5 Å². The molecule has 9 heteroatoms. The summed E-state index contributed by atoms with van der Waals surface area (Å²) in [6.45, 7) is 1.17. The first-order valence-electron chi connectivity index (χ1n) is 3.43. The summed E-state index contributed by atoms with van der Waals surface area (Å²) in [6, 6.07) is 0. The fraction of sp³-hybridized carbons (Fsp3) is 0.800. The second kappa shape index (κ2) is 4.29. The van der Waals surface area contributed by atoms with Crippen LogP contribution in [0.5, 0.6) is 0 Å². The number of hydrogen-bond donors (Lipinski definition) is 2. The molecule has 0 aliphatic carbocycles. The fourth-order valence-corrected chi connectivity index (χ4v) is 1.92. The molecule has 0 heterocycles. The van der Waals surface area contributed by atoms with Gasteiger partial charge in [0.1, 0.15) is 0 Å². The number of carbonyl (C=O) groups is 1. The molecule has 0 aliphatic heterocycles. The zero-order valence-electron chi connectivity index (χ0n) is 6.98. The average molecular weight is 236 g/mol. The van der Waals surface area contributed by atoms with Crippen LogP contribution >= 0.6 is 7.60 Å². The van der Waals surface area contributed by atoms with Crippen molar-refractivity contribution in [1.29, 1.82) is 0 Å². The third-order valence-corrected chi connectivity index (χ3v) is 3.14. The summed E-state index contributed by atoms with van der Waals surface area (Å²) >= 11 is 0. The third kappa shape index (κ3) is 4.08. The molecule has 5 nitrogen and oxygen atoms in total. The van der Waals surface area contributed by atoms with E-state index in [0.717, 1.165) is 0 Å². The van der Waals surface area contributed by atoms with Gasteiger partial charge in [-0.05, 0) is 6.42 Å². The van der Waals surface area contributed by atoms with Crippen LogP contribution in [0, 0.1) is 0 Å². The molecule has 2 N–H and O–H groups in total. The predicted molar refractivity (Wildman–Crippen MR) is 38.7 cm³/mol. The highest BCUT2D eigenvalue weighted by molar-refractivity contribution is 7.54. The quantitative estimate of drug-likeness (QED) is 0.723. The van der Waals surface area contributed by atoms with Crippen LogP contribution in [-0.2, 0) is 13.9 Å². The second-order valence-corrected chi connectivity index (χ2v) is 4.30. The maximum Gasteiger partial charge on any atom is 0.529 e. The van der Waals surface area contributed by atoms with E-state index >= 15 is 0 Å². The zero-order chi connectivity index (χ0) is 11.6. The molecule has 0 saturated heterocycles. The van der Waals surface area contributed by atoms with Crippen LogP contribution in [0.3, 0.4) is 0 Å². The third-order valence-electron chi connectivity index (χ3n) is 1.30. The van der Waals surface area contributed by atoms with Crippen molar-refractivity contribution >= 4 is 13.6 Å². The number of hydrogen-bond acceptors (Lipinski definition) is 3. The lowest BCUT2D eigenvalue weighted by atomic mass is 10.3. The van der Waals surface area contributed by atoms with Gasteiger partial charge < -0.3 is 10.00 Å². The summed E-state index contributed by atoms with van der Waals surface area (Å²) in [5.74, 6) is -1.80. The van der Waals surface area contributed by atoms with Gasteiger partial charge in [0, 0.05) is 0 Å². The maximum atomic E-state index is 11.6. The van der Waals surface area contributed by atoms with Crippen LogP contribution in [0.15, 0.2) is 0 Å². The van der Waals surface area contributed by atoms with Crippen molar-refractivity contribution in [1.82, 2.24) is 0 Å². The minimum absolute atomic E-state index is 0.431. The SMILES string of the molecule is CCC(C(=O)O)P(=O)(O)OC(F)(F)F. The highest BCUT2D eigenvalue weighted by Crippen LogP contribution is 2.53. The van der Waals surface area contributed by atoms with Gasteiger partial charge >= 0.3 is 19.9 Å². The monoisotopic (exact) mass is 236 g/mol. The van der Waals surface area contributed by atoms with Gasteiger partial charge in [-0.1, -0.05) is 6.92 Å². The number of aliphatic carboxylic acids is 1. The molecule has 0 bridgehead atoms. The summed E-state index contributed by atoms with van der Waals surface area (Å²) in [6.07, 6.45) is -5.76.